The van der Waals surface area contributed by atoms with Crippen molar-refractivity contribution >= 4 is 11.6 Å². The van der Waals surface area contributed by atoms with Gasteiger partial charge in [-0.25, -0.2) is 18.7 Å². The predicted octanol–water partition coefficient (Wildman–Crippen LogP) is 4.20. The number of benzene rings is 1. The van der Waals surface area contributed by atoms with Crippen LogP contribution in [0.1, 0.15) is 25.3 Å². The van der Waals surface area contributed by atoms with Gasteiger partial charge in [0, 0.05) is 11.1 Å². The van der Waals surface area contributed by atoms with Crippen LogP contribution in [0.5, 0.6) is 0 Å². The van der Waals surface area contributed by atoms with Gasteiger partial charge in [-0.3, -0.25) is 0 Å². The van der Waals surface area contributed by atoms with E-state index >= 15 is 0 Å². The van der Waals surface area contributed by atoms with Crippen LogP contribution in [-0.2, 0) is 0 Å². The molecule has 0 saturated heterocycles. The van der Waals surface area contributed by atoms with Crippen LogP contribution in [0.4, 0.5) is 8.78 Å². The van der Waals surface area contributed by atoms with Crippen molar-refractivity contribution in [2.75, 3.05) is 0 Å². The van der Waals surface area contributed by atoms with Crippen LogP contribution in [-0.4, -0.2) is 9.97 Å². The van der Waals surface area contributed by atoms with E-state index in [-0.39, 0.29) is 16.6 Å². The number of hydrogen-bond donors (Lipinski definition) is 0. The Bertz CT molecular complexity index is 585. The Kier molecular flexibility index (Phi) is 3.57. The van der Waals surface area contributed by atoms with Crippen LogP contribution in [0.3, 0.4) is 0 Å². The molecule has 0 bridgehead atoms. The van der Waals surface area contributed by atoms with Crippen molar-refractivity contribution in [3.8, 4) is 11.3 Å². The minimum absolute atomic E-state index is 0.0105. The van der Waals surface area contributed by atoms with Gasteiger partial charge in [0.2, 0.25) is 0 Å². The van der Waals surface area contributed by atoms with Crippen molar-refractivity contribution in [3.63, 3.8) is 0 Å². The fourth-order valence-corrected chi connectivity index (χ4v) is 2.13. The maximum atomic E-state index is 13.8. The summed E-state index contributed by atoms with van der Waals surface area (Å²) >= 11 is 6.00. The topological polar surface area (TPSA) is 25.8 Å². The Morgan fingerprint density at radius 1 is 1.17 bits per heavy atom. The highest BCUT2D eigenvalue weighted by Crippen LogP contribution is 2.33. The Morgan fingerprint density at radius 2 is 1.89 bits per heavy atom. The lowest BCUT2D eigenvalue weighted by Crippen LogP contribution is -2.00. The molecule has 0 spiro atoms. The molecule has 5 heteroatoms. The molecule has 1 heterocycles. The summed E-state index contributed by atoms with van der Waals surface area (Å²) in [5.41, 5.74) is 1.05. The van der Waals surface area contributed by atoms with E-state index in [1.807, 2.05) is 13.8 Å². The predicted molar refractivity (Wildman–Crippen MR) is 66.5 cm³/mol. The van der Waals surface area contributed by atoms with Crippen LogP contribution < -0.4 is 0 Å². The molecule has 0 atom stereocenters. The smallest absolute Gasteiger partial charge is 0.136 e. The molecule has 2 aromatic rings. The first-order valence-corrected chi connectivity index (χ1v) is 5.84. The van der Waals surface area contributed by atoms with E-state index in [1.54, 1.807) is 0 Å². The van der Waals surface area contributed by atoms with E-state index in [0.29, 0.717) is 11.3 Å². The largest absolute Gasteiger partial charge is 0.236 e. The lowest BCUT2D eigenvalue weighted by Gasteiger charge is -2.13. The van der Waals surface area contributed by atoms with Crippen molar-refractivity contribution in [2.24, 2.45) is 0 Å². The molecule has 0 saturated carbocycles. The zero-order valence-electron chi connectivity index (χ0n) is 9.92. The monoisotopic (exact) mass is 268 g/mol. The minimum Gasteiger partial charge on any atom is -0.236 e. The van der Waals surface area contributed by atoms with E-state index in [4.69, 9.17) is 11.6 Å². The fourth-order valence-electron chi connectivity index (χ4n) is 1.78. The molecule has 0 radical (unpaired) electrons. The highest BCUT2D eigenvalue weighted by Gasteiger charge is 2.18. The standard InChI is InChI=1S/C13H11ClF2N2/c1-7(2)11-12(17-6-18-13(11)14)9-5-8(15)3-4-10(9)16/h3-7H,1-2H3. The maximum Gasteiger partial charge on any atom is 0.136 e. The Balaban J connectivity index is 2.71. The van der Waals surface area contributed by atoms with Gasteiger partial charge in [-0.15, -0.1) is 0 Å². The number of nitrogens with zero attached hydrogens (tertiary/aromatic N) is 2. The first kappa shape index (κ1) is 12.9. The van der Waals surface area contributed by atoms with Crippen molar-refractivity contribution in [3.05, 3.63) is 46.9 Å². The van der Waals surface area contributed by atoms with Gasteiger partial charge in [0.1, 0.15) is 23.1 Å². The summed E-state index contributed by atoms with van der Waals surface area (Å²) < 4.78 is 27.0. The van der Waals surface area contributed by atoms with Crippen molar-refractivity contribution in [1.29, 1.82) is 0 Å². The van der Waals surface area contributed by atoms with Crippen LogP contribution >= 0.6 is 11.6 Å². The summed E-state index contributed by atoms with van der Waals surface area (Å²) in [4.78, 5) is 7.91. The van der Waals surface area contributed by atoms with E-state index in [1.165, 1.54) is 6.33 Å². The van der Waals surface area contributed by atoms with Gasteiger partial charge in [0.25, 0.3) is 0 Å². The van der Waals surface area contributed by atoms with Crippen molar-refractivity contribution in [1.82, 2.24) is 9.97 Å². The molecule has 2 nitrogen and oxygen atoms in total. The molecule has 0 aliphatic rings. The molecular formula is C13H11ClF2N2. The lowest BCUT2D eigenvalue weighted by molar-refractivity contribution is 0.602. The molecule has 94 valence electrons. The molecule has 0 aliphatic heterocycles. The van der Waals surface area contributed by atoms with E-state index < -0.39 is 11.6 Å². The SMILES string of the molecule is CC(C)c1c(Cl)ncnc1-c1cc(F)ccc1F. The van der Waals surface area contributed by atoms with Gasteiger partial charge in [0.05, 0.1) is 5.69 Å². The molecule has 2 rings (SSSR count). The van der Waals surface area contributed by atoms with Gasteiger partial charge in [0.15, 0.2) is 0 Å². The highest BCUT2D eigenvalue weighted by molar-refractivity contribution is 6.30. The maximum absolute atomic E-state index is 13.8. The van der Waals surface area contributed by atoms with Crippen LogP contribution in [0.15, 0.2) is 24.5 Å². The summed E-state index contributed by atoms with van der Waals surface area (Å²) in [6.07, 6.45) is 1.24. The fraction of sp³-hybridized carbons (Fsp3) is 0.231. The first-order chi connectivity index (χ1) is 8.50. The third-order valence-corrected chi connectivity index (χ3v) is 2.90. The normalized spacial score (nSPS) is 11.0. The van der Waals surface area contributed by atoms with Crippen molar-refractivity contribution < 1.29 is 8.78 Å². The summed E-state index contributed by atoms with van der Waals surface area (Å²) in [7, 11) is 0. The number of hydrogen-bond acceptors (Lipinski definition) is 2. The zero-order valence-corrected chi connectivity index (χ0v) is 10.7. The molecular weight excluding hydrogens is 258 g/mol. The number of aromatic nitrogens is 2. The average Bonchev–Trinajstić information content (AvgIpc) is 2.31. The average molecular weight is 269 g/mol. The molecule has 1 aromatic heterocycles. The summed E-state index contributed by atoms with van der Waals surface area (Å²) in [5, 5.41) is 0.263. The minimum atomic E-state index is -0.534. The molecule has 0 aliphatic carbocycles. The second-order valence-corrected chi connectivity index (χ2v) is 4.56. The van der Waals surface area contributed by atoms with Crippen LogP contribution in [0.25, 0.3) is 11.3 Å². The summed E-state index contributed by atoms with van der Waals surface area (Å²) in [5.74, 6) is -1.04. The Hall–Kier alpha value is -1.55. The van der Waals surface area contributed by atoms with Gasteiger partial charge >= 0.3 is 0 Å². The first-order valence-electron chi connectivity index (χ1n) is 5.46. The second-order valence-electron chi connectivity index (χ2n) is 4.21. The van der Waals surface area contributed by atoms with E-state index in [0.717, 1.165) is 18.2 Å². The zero-order chi connectivity index (χ0) is 13.3. The number of rotatable bonds is 2. The Morgan fingerprint density at radius 3 is 2.56 bits per heavy atom. The van der Waals surface area contributed by atoms with Gasteiger partial charge in [-0.1, -0.05) is 25.4 Å². The van der Waals surface area contributed by atoms with E-state index in [9.17, 15) is 8.78 Å². The number of halogens is 3. The third kappa shape index (κ3) is 2.34. The summed E-state index contributed by atoms with van der Waals surface area (Å²) in [6.45, 7) is 3.79. The third-order valence-electron chi connectivity index (χ3n) is 2.60. The van der Waals surface area contributed by atoms with Crippen molar-refractivity contribution in [2.45, 2.75) is 19.8 Å². The summed E-state index contributed by atoms with van der Waals surface area (Å²) in [6, 6.07) is 3.25. The molecule has 0 unspecified atom stereocenters. The second kappa shape index (κ2) is 4.98. The van der Waals surface area contributed by atoms with Gasteiger partial charge < -0.3 is 0 Å². The molecule has 0 amide bonds. The quantitative estimate of drug-likeness (QED) is 0.763. The van der Waals surface area contributed by atoms with Gasteiger partial charge in [-0.2, -0.15) is 0 Å². The van der Waals surface area contributed by atoms with E-state index in [2.05, 4.69) is 9.97 Å². The lowest BCUT2D eigenvalue weighted by atomic mass is 9.98. The molecule has 18 heavy (non-hydrogen) atoms. The van der Waals surface area contributed by atoms with Crippen LogP contribution in [0, 0.1) is 11.6 Å². The highest BCUT2D eigenvalue weighted by atomic mass is 35.5. The van der Waals surface area contributed by atoms with Crippen LogP contribution in [0.2, 0.25) is 5.15 Å². The molecule has 1 aromatic carbocycles. The molecule has 0 N–H and O–H groups in total. The van der Waals surface area contributed by atoms with Gasteiger partial charge in [-0.05, 0) is 24.1 Å². The molecule has 0 fully saturated rings. The Labute approximate surface area is 109 Å².